The van der Waals surface area contributed by atoms with Crippen LogP contribution in [0.15, 0.2) is 32.7 Å². The molecule has 3 rings (SSSR count). The smallest absolute Gasteiger partial charge is 0.154 e. The number of thiophene rings is 2. The summed E-state index contributed by atoms with van der Waals surface area (Å²) in [6.45, 7) is 0. The van der Waals surface area contributed by atoms with E-state index in [0.29, 0.717) is 5.82 Å². The summed E-state index contributed by atoms with van der Waals surface area (Å²) >= 11 is 6.77. The van der Waals surface area contributed by atoms with Crippen LogP contribution in [0.3, 0.4) is 0 Å². The van der Waals surface area contributed by atoms with Gasteiger partial charge >= 0.3 is 0 Å². The number of hydrogen-bond donors (Lipinski definition) is 2. The number of halogens is 1. The lowest BCUT2D eigenvalue weighted by Gasteiger charge is -1.99. The Labute approximate surface area is 114 Å². The number of nitrogen functional groups attached to an aromatic ring is 1. The minimum atomic E-state index is 0.546. The zero-order chi connectivity index (χ0) is 11.8. The fourth-order valence-corrected chi connectivity index (χ4v) is 3.61. The number of nitrogens with zero attached hydrogens (tertiary/aromatic N) is 1. The Hall–Kier alpha value is -1.11. The van der Waals surface area contributed by atoms with Gasteiger partial charge in [0.2, 0.25) is 0 Å². The maximum atomic E-state index is 5.93. The molecule has 3 nitrogen and oxygen atoms in total. The highest BCUT2D eigenvalue weighted by atomic mass is 79.9. The zero-order valence-electron chi connectivity index (χ0n) is 8.61. The van der Waals surface area contributed by atoms with E-state index in [1.165, 1.54) is 0 Å². The zero-order valence-corrected chi connectivity index (χ0v) is 11.8. The van der Waals surface area contributed by atoms with Gasteiger partial charge in [0.25, 0.3) is 0 Å². The van der Waals surface area contributed by atoms with E-state index in [-0.39, 0.29) is 0 Å². The molecule has 0 saturated carbocycles. The molecule has 0 amide bonds. The van der Waals surface area contributed by atoms with E-state index in [0.717, 1.165) is 25.5 Å². The molecule has 0 atom stereocenters. The maximum absolute atomic E-state index is 5.93. The van der Waals surface area contributed by atoms with Gasteiger partial charge in [-0.05, 0) is 33.4 Å². The van der Waals surface area contributed by atoms with Crippen molar-refractivity contribution in [2.75, 3.05) is 5.73 Å². The third kappa shape index (κ3) is 1.92. The Morgan fingerprint density at radius 1 is 1.35 bits per heavy atom. The fourth-order valence-electron chi connectivity index (χ4n) is 1.68. The molecule has 0 bridgehead atoms. The number of rotatable bonds is 2. The average Bonchev–Trinajstić information content (AvgIpc) is 2.97. The molecule has 0 aliphatic rings. The summed E-state index contributed by atoms with van der Waals surface area (Å²) in [5, 5.41) is 11.2. The van der Waals surface area contributed by atoms with Gasteiger partial charge in [0.1, 0.15) is 0 Å². The van der Waals surface area contributed by atoms with Gasteiger partial charge in [-0.15, -0.1) is 22.7 Å². The summed E-state index contributed by atoms with van der Waals surface area (Å²) in [5.41, 5.74) is 9.01. The summed E-state index contributed by atoms with van der Waals surface area (Å²) in [4.78, 5) is 1.13. The first-order chi connectivity index (χ1) is 8.25. The minimum Gasteiger partial charge on any atom is -0.382 e. The molecule has 3 aromatic rings. The van der Waals surface area contributed by atoms with Crippen molar-refractivity contribution in [3.63, 3.8) is 0 Å². The van der Waals surface area contributed by atoms with E-state index in [4.69, 9.17) is 5.73 Å². The molecule has 0 spiro atoms. The molecule has 6 heteroatoms. The van der Waals surface area contributed by atoms with Crippen molar-refractivity contribution >= 4 is 44.4 Å². The van der Waals surface area contributed by atoms with Crippen molar-refractivity contribution in [1.29, 1.82) is 0 Å². The maximum Gasteiger partial charge on any atom is 0.154 e. The predicted octanol–water partition coefficient (Wildman–Crippen LogP) is 4.21. The molecule has 0 aliphatic carbocycles. The van der Waals surface area contributed by atoms with Gasteiger partial charge in [-0.1, -0.05) is 6.07 Å². The van der Waals surface area contributed by atoms with Crippen LogP contribution in [0.1, 0.15) is 0 Å². The predicted molar refractivity (Wildman–Crippen MR) is 77.3 cm³/mol. The van der Waals surface area contributed by atoms with Crippen molar-refractivity contribution in [2.45, 2.75) is 0 Å². The molecule has 17 heavy (non-hydrogen) atoms. The second kappa shape index (κ2) is 4.29. The van der Waals surface area contributed by atoms with Crippen molar-refractivity contribution in [2.24, 2.45) is 0 Å². The van der Waals surface area contributed by atoms with E-state index >= 15 is 0 Å². The summed E-state index contributed by atoms with van der Waals surface area (Å²) < 4.78 is 1.10. The van der Waals surface area contributed by atoms with Crippen LogP contribution in [-0.4, -0.2) is 10.2 Å². The molecule has 86 valence electrons. The first-order valence-electron chi connectivity index (χ1n) is 4.88. The van der Waals surface area contributed by atoms with Crippen LogP contribution >= 0.6 is 38.6 Å². The first-order valence-corrected chi connectivity index (χ1v) is 7.43. The van der Waals surface area contributed by atoms with Crippen LogP contribution in [0.4, 0.5) is 5.82 Å². The number of nitrogens with one attached hydrogen (secondary N) is 1. The molecular formula is C11H8BrN3S2. The van der Waals surface area contributed by atoms with Crippen LogP contribution in [0.5, 0.6) is 0 Å². The van der Waals surface area contributed by atoms with Gasteiger partial charge in [0.15, 0.2) is 5.82 Å². The summed E-state index contributed by atoms with van der Waals surface area (Å²) in [7, 11) is 0. The largest absolute Gasteiger partial charge is 0.382 e. The highest BCUT2D eigenvalue weighted by Crippen LogP contribution is 2.39. The first kappa shape index (κ1) is 11.0. The Bertz CT molecular complexity index is 640. The van der Waals surface area contributed by atoms with Crippen LogP contribution in [0.25, 0.3) is 21.7 Å². The van der Waals surface area contributed by atoms with Gasteiger partial charge in [0.05, 0.1) is 15.0 Å². The normalized spacial score (nSPS) is 10.9. The Balaban J connectivity index is 2.19. The summed E-state index contributed by atoms with van der Waals surface area (Å²) in [6.07, 6.45) is 0. The number of anilines is 1. The van der Waals surface area contributed by atoms with Gasteiger partial charge in [-0.25, -0.2) is 0 Å². The van der Waals surface area contributed by atoms with Crippen LogP contribution in [0.2, 0.25) is 0 Å². The highest BCUT2D eigenvalue weighted by Gasteiger charge is 2.16. The molecule has 3 aromatic heterocycles. The SMILES string of the molecule is Nc1n[nH]c(-c2csc(Br)c2)c1-c1cccs1. The minimum absolute atomic E-state index is 0.546. The van der Waals surface area contributed by atoms with Crippen LogP contribution < -0.4 is 5.73 Å². The molecule has 0 unspecified atom stereocenters. The molecule has 3 N–H and O–H groups in total. The van der Waals surface area contributed by atoms with E-state index in [9.17, 15) is 0 Å². The van der Waals surface area contributed by atoms with E-state index in [2.05, 4.69) is 43.6 Å². The number of nitrogens with two attached hydrogens (primary N) is 1. The molecule has 0 saturated heterocycles. The second-order valence-electron chi connectivity index (χ2n) is 3.48. The lowest BCUT2D eigenvalue weighted by atomic mass is 10.1. The van der Waals surface area contributed by atoms with E-state index < -0.39 is 0 Å². The fraction of sp³-hybridized carbons (Fsp3) is 0. The van der Waals surface area contributed by atoms with Gasteiger partial charge < -0.3 is 5.73 Å². The van der Waals surface area contributed by atoms with Crippen molar-refractivity contribution in [3.05, 3.63) is 32.7 Å². The van der Waals surface area contributed by atoms with Crippen molar-refractivity contribution < 1.29 is 0 Å². The number of aromatic amines is 1. The molecule has 0 radical (unpaired) electrons. The van der Waals surface area contributed by atoms with Gasteiger partial charge in [0, 0.05) is 15.8 Å². The standard InChI is InChI=1S/C11H8BrN3S2/c12-8-4-6(5-17-8)10-9(11(13)15-14-10)7-2-1-3-16-7/h1-5H,(H3,13,14,15). The quantitative estimate of drug-likeness (QED) is 0.741. The summed E-state index contributed by atoms with van der Waals surface area (Å²) in [5.74, 6) is 0.546. The van der Waals surface area contributed by atoms with E-state index in [1.807, 2.05) is 11.4 Å². The average molecular weight is 326 g/mol. The van der Waals surface area contributed by atoms with Gasteiger partial charge in [-0.2, -0.15) is 5.10 Å². The Morgan fingerprint density at radius 3 is 2.88 bits per heavy atom. The lowest BCUT2D eigenvalue weighted by molar-refractivity contribution is 1.10. The Morgan fingerprint density at radius 2 is 2.24 bits per heavy atom. The number of H-pyrrole nitrogens is 1. The molecular weight excluding hydrogens is 318 g/mol. The number of aromatic nitrogens is 2. The Kier molecular flexibility index (Phi) is 2.78. The van der Waals surface area contributed by atoms with Gasteiger partial charge in [-0.3, -0.25) is 5.10 Å². The molecule has 3 heterocycles. The monoisotopic (exact) mass is 325 g/mol. The highest BCUT2D eigenvalue weighted by molar-refractivity contribution is 9.11. The molecule has 0 aromatic carbocycles. The van der Waals surface area contributed by atoms with Crippen LogP contribution in [0, 0.1) is 0 Å². The van der Waals surface area contributed by atoms with Crippen molar-refractivity contribution in [1.82, 2.24) is 10.2 Å². The molecule has 0 fully saturated rings. The summed E-state index contributed by atoms with van der Waals surface area (Å²) in [6, 6.07) is 6.13. The third-order valence-electron chi connectivity index (χ3n) is 2.42. The second-order valence-corrected chi connectivity index (χ2v) is 6.71. The molecule has 0 aliphatic heterocycles. The number of hydrogen-bond acceptors (Lipinski definition) is 4. The third-order valence-corrected chi connectivity index (χ3v) is 4.81. The lowest BCUT2D eigenvalue weighted by Crippen LogP contribution is -1.86. The van der Waals surface area contributed by atoms with Crippen molar-refractivity contribution in [3.8, 4) is 21.7 Å². The van der Waals surface area contributed by atoms with Crippen LogP contribution in [-0.2, 0) is 0 Å². The topological polar surface area (TPSA) is 54.7 Å². The van der Waals surface area contributed by atoms with E-state index in [1.54, 1.807) is 22.7 Å².